The molecule has 0 atom stereocenters. The molecule has 3 aromatic rings. The average molecular weight is 402 g/mol. The van der Waals surface area contributed by atoms with E-state index in [1.165, 1.54) is 17.0 Å². The lowest BCUT2D eigenvalue weighted by atomic mass is 10.1. The zero-order valence-corrected chi connectivity index (χ0v) is 15.3. The molecule has 2 heterocycles. The van der Waals surface area contributed by atoms with E-state index >= 15 is 0 Å². The number of rotatable bonds is 2. The lowest BCUT2D eigenvalue weighted by molar-refractivity contribution is -0.137. The Labute approximate surface area is 163 Å². The second-order valence-corrected chi connectivity index (χ2v) is 6.81. The van der Waals surface area contributed by atoms with Gasteiger partial charge in [-0.15, -0.1) is 0 Å². The third-order valence-electron chi connectivity index (χ3n) is 4.98. The van der Waals surface area contributed by atoms with Crippen molar-refractivity contribution < 1.29 is 22.4 Å². The van der Waals surface area contributed by atoms with Crippen molar-refractivity contribution >= 4 is 22.6 Å². The van der Waals surface area contributed by atoms with Gasteiger partial charge in [-0.1, -0.05) is 24.3 Å². The minimum Gasteiger partial charge on any atom is -0.422 e. The molecule has 1 saturated heterocycles. The average Bonchev–Trinajstić information content (AvgIpc) is 2.72. The molecule has 1 aromatic heterocycles. The molecule has 1 fully saturated rings. The monoisotopic (exact) mass is 402 g/mol. The van der Waals surface area contributed by atoms with Gasteiger partial charge in [0.2, 0.25) is 0 Å². The maximum absolute atomic E-state index is 12.9. The van der Waals surface area contributed by atoms with Gasteiger partial charge in [-0.2, -0.15) is 13.2 Å². The van der Waals surface area contributed by atoms with E-state index in [0.717, 1.165) is 12.1 Å². The summed E-state index contributed by atoms with van der Waals surface area (Å²) in [6, 6.07) is 13.6. The summed E-state index contributed by atoms with van der Waals surface area (Å²) in [6.07, 6.45) is -4.40. The number of carbonyl (C=O) groups is 1. The molecule has 0 saturated carbocycles. The summed E-state index contributed by atoms with van der Waals surface area (Å²) in [7, 11) is 0. The molecule has 0 unspecified atom stereocenters. The van der Waals surface area contributed by atoms with Crippen LogP contribution < -0.4 is 10.5 Å². The van der Waals surface area contributed by atoms with Crippen molar-refractivity contribution in [3.8, 4) is 0 Å². The van der Waals surface area contributed by atoms with E-state index in [9.17, 15) is 22.8 Å². The first-order valence-corrected chi connectivity index (χ1v) is 9.07. The summed E-state index contributed by atoms with van der Waals surface area (Å²) in [5, 5.41) is 0.651. The summed E-state index contributed by atoms with van der Waals surface area (Å²) < 4.78 is 44.0. The number of hydrogen-bond acceptors (Lipinski definition) is 4. The topological polar surface area (TPSA) is 53.8 Å². The SMILES string of the molecule is O=C(c1cc2ccccc2oc1=O)N1CCN(c2cccc(C(F)(F)F)c2)CC1. The van der Waals surface area contributed by atoms with Crippen molar-refractivity contribution in [2.45, 2.75) is 6.18 Å². The van der Waals surface area contributed by atoms with Gasteiger partial charge < -0.3 is 14.2 Å². The Kier molecular flexibility index (Phi) is 4.77. The predicted octanol–water partition coefficient (Wildman–Crippen LogP) is 3.77. The molecule has 1 aliphatic heterocycles. The van der Waals surface area contributed by atoms with Gasteiger partial charge in [0.1, 0.15) is 11.1 Å². The number of fused-ring (bicyclic) bond motifs is 1. The van der Waals surface area contributed by atoms with Gasteiger partial charge in [0.25, 0.3) is 5.91 Å². The van der Waals surface area contributed by atoms with Crippen LogP contribution in [-0.2, 0) is 6.18 Å². The Hall–Kier alpha value is -3.29. The fourth-order valence-corrected chi connectivity index (χ4v) is 3.43. The summed E-state index contributed by atoms with van der Waals surface area (Å²) in [5.41, 5.74) is -0.590. The molecule has 0 N–H and O–H groups in total. The van der Waals surface area contributed by atoms with E-state index in [4.69, 9.17) is 4.42 Å². The number of amides is 1. The van der Waals surface area contributed by atoms with Gasteiger partial charge in [-0.25, -0.2) is 4.79 Å². The molecule has 1 aliphatic rings. The van der Waals surface area contributed by atoms with Gasteiger partial charge in [0, 0.05) is 37.3 Å². The van der Waals surface area contributed by atoms with Crippen LogP contribution in [0.1, 0.15) is 15.9 Å². The normalized spacial score (nSPS) is 15.0. The number of alkyl halides is 3. The van der Waals surface area contributed by atoms with Gasteiger partial charge in [-0.05, 0) is 30.3 Å². The second kappa shape index (κ2) is 7.27. The largest absolute Gasteiger partial charge is 0.422 e. The van der Waals surface area contributed by atoms with Crippen LogP contribution in [0.15, 0.2) is 63.8 Å². The van der Waals surface area contributed by atoms with Crippen molar-refractivity contribution in [3.63, 3.8) is 0 Å². The van der Waals surface area contributed by atoms with Crippen LogP contribution >= 0.6 is 0 Å². The van der Waals surface area contributed by atoms with Crippen molar-refractivity contribution in [1.82, 2.24) is 4.90 Å². The Morgan fingerprint density at radius 1 is 0.931 bits per heavy atom. The number of piperazine rings is 1. The number of para-hydroxylation sites is 1. The highest BCUT2D eigenvalue weighted by Gasteiger charge is 2.31. The minimum absolute atomic E-state index is 0.0452. The Morgan fingerprint density at radius 3 is 2.38 bits per heavy atom. The highest BCUT2D eigenvalue weighted by molar-refractivity contribution is 5.96. The molecule has 2 aromatic carbocycles. The molecule has 0 radical (unpaired) electrons. The first-order valence-electron chi connectivity index (χ1n) is 9.07. The molecule has 150 valence electrons. The fraction of sp³-hybridized carbons (Fsp3) is 0.238. The molecule has 5 nitrogen and oxygen atoms in total. The molecule has 4 rings (SSSR count). The molecular weight excluding hydrogens is 385 g/mol. The van der Waals surface area contributed by atoms with E-state index in [-0.39, 0.29) is 5.56 Å². The highest BCUT2D eigenvalue weighted by atomic mass is 19.4. The lowest BCUT2D eigenvalue weighted by Crippen LogP contribution is -2.49. The maximum Gasteiger partial charge on any atom is 0.416 e. The zero-order valence-electron chi connectivity index (χ0n) is 15.3. The van der Waals surface area contributed by atoms with Crippen molar-refractivity contribution in [2.75, 3.05) is 31.1 Å². The summed E-state index contributed by atoms with van der Waals surface area (Å²) in [6.45, 7) is 1.32. The Bertz CT molecular complexity index is 1120. The number of carbonyl (C=O) groups excluding carboxylic acids is 1. The summed E-state index contributed by atoms with van der Waals surface area (Å²) >= 11 is 0. The van der Waals surface area contributed by atoms with E-state index in [1.54, 1.807) is 35.2 Å². The van der Waals surface area contributed by atoms with E-state index in [0.29, 0.717) is 42.8 Å². The number of anilines is 1. The molecular formula is C21H17F3N2O3. The number of halogens is 3. The number of hydrogen-bond donors (Lipinski definition) is 0. The third kappa shape index (κ3) is 3.83. The Morgan fingerprint density at radius 2 is 1.66 bits per heavy atom. The first kappa shape index (κ1) is 19.0. The minimum atomic E-state index is -4.40. The van der Waals surface area contributed by atoms with Gasteiger partial charge in [-0.3, -0.25) is 4.79 Å². The quantitative estimate of drug-likeness (QED) is 0.613. The Balaban J connectivity index is 1.49. The smallest absolute Gasteiger partial charge is 0.416 e. The molecule has 1 amide bonds. The zero-order chi connectivity index (χ0) is 20.6. The summed E-state index contributed by atoms with van der Waals surface area (Å²) in [5.74, 6) is -0.437. The fourth-order valence-electron chi connectivity index (χ4n) is 3.43. The number of nitrogens with zero attached hydrogens (tertiary/aromatic N) is 2. The van der Waals surface area contributed by atoms with Gasteiger partial charge in [0.05, 0.1) is 5.56 Å². The van der Waals surface area contributed by atoms with E-state index in [2.05, 4.69) is 0 Å². The molecule has 0 bridgehead atoms. The van der Waals surface area contributed by atoms with E-state index in [1.807, 2.05) is 0 Å². The van der Waals surface area contributed by atoms with Crippen LogP contribution in [0.4, 0.5) is 18.9 Å². The lowest BCUT2D eigenvalue weighted by Gasteiger charge is -2.36. The van der Waals surface area contributed by atoms with Crippen LogP contribution in [-0.4, -0.2) is 37.0 Å². The van der Waals surface area contributed by atoms with Crippen molar-refractivity contribution in [1.29, 1.82) is 0 Å². The van der Waals surface area contributed by atoms with Crippen LogP contribution in [0.25, 0.3) is 11.0 Å². The van der Waals surface area contributed by atoms with Gasteiger partial charge >= 0.3 is 11.8 Å². The van der Waals surface area contributed by atoms with Crippen LogP contribution in [0.2, 0.25) is 0 Å². The van der Waals surface area contributed by atoms with Crippen LogP contribution in [0, 0.1) is 0 Å². The van der Waals surface area contributed by atoms with Gasteiger partial charge in [0.15, 0.2) is 0 Å². The predicted molar refractivity (Wildman–Crippen MR) is 102 cm³/mol. The van der Waals surface area contributed by atoms with Crippen LogP contribution in [0.5, 0.6) is 0 Å². The van der Waals surface area contributed by atoms with Crippen molar-refractivity contribution in [2.24, 2.45) is 0 Å². The summed E-state index contributed by atoms with van der Waals surface area (Å²) in [4.78, 5) is 28.3. The standard InChI is InChI=1S/C21H17F3N2O3/c22-21(23,24)15-5-3-6-16(13-15)25-8-10-26(11-9-25)19(27)17-12-14-4-1-2-7-18(14)29-20(17)28/h1-7,12-13H,8-11H2. The molecule has 8 heteroatoms. The van der Waals surface area contributed by atoms with Crippen molar-refractivity contribution in [3.05, 3.63) is 76.1 Å². The second-order valence-electron chi connectivity index (χ2n) is 6.81. The van der Waals surface area contributed by atoms with E-state index < -0.39 is 23.3 Å². The third-order valence-corrected chi connectivity index (χ3v) is 4.98. The number of benzene rings is 2. The maximum atomic E-state index is 12.9. The highest BCUT2D eigenvalue weighted by Crippen LogP contribution is 2.32. The van der Waals surface area contributed by atoms with Crippen LogP contribution in [0.3, 0.4) is 0 Å². The molecule has 0 aliphatic carbocycles. The first-order chi connectivity index (χ1) is 13.8. The molecule has 0 spiro atoms. The molecule has 29 heavy (non-hydrogen) atoms.